The molecule has 1 aromatic carbocycles. The number of rotatable bonds is 9. The Morgan fingerprint density at radius 1 is 1.36 bits per heavy atom. The van der Waals surface area contributed by atoms with Crippen molar-refractivity contribution in [2.75, 3.05) is 37.5 Å². The van der Waals surface area contributed by atoms with Crippen molar-refractivity contribution in [1.82, 2.24) is 4.98 Å². The number of methoxy groups -OCH3 is 1. The number of benzene rings is 1. The van der Waals surface area contributed by atoms with Crippen LogP contribution in [0.25, 0.3) is 0 Å². The third-order valence-corrected chi connectivity index (χ3v) is 4.61. The monoisotopic (exact) mass is 408 g/mol. The first-order valence-corrected chi connectivity index (χ1v) is 9.16. The number of nitro groups is 1. The molecule has 0 saturated carbocycles. The van der Waals surface area contributed by atoms with E-state index in [9.17, 15) is 19.7 Å². The molecule has 28 heavy (non-hydrogen) atoms. The maximum absolute atomic E-state index is 12.7. The highest BCUT2D eigenvalue weighted by Gasteiger charge is 2.21. The van der Waals surface area contributed by atoms with E-state index in [1.54, 1.807) is 13.8 Å². The van der Waals surface area contributed by atoms with E-state index in [1.165, 1.54) is 25.3 Å². The van der Waals surface area contributed by atoms with Gasteiger partial charge in [-0.25, -0.2) is 9.78 Å². The first kappa shape index (κ1) is 21.3. The van der Waals surface area contributed by atoms with E-state index in [0.717, 1.165) is 11.3 Å². The zero-order valence-electron chi connectivity index (χ0n) is 15.6. The smallest absolute Gasteiger partial charge is 0.350 e. The fourth-order valence-corrected chi connectivity index (χ4v) is 3.13. The number of ether oxygens (including phenoxy) is 2. The fourth-order valence-electron chi connectivity index (χ4n) is 2.28. The number of hydrogen-bond acceptors (Lipinski definition) is 9. The van der Waals surface area contributed by atoms with Gasteiger partial charge < -0.3 is 14.8 Å². The van der Waals surface area contributed by atoms with Crippen LogP contribution >= 0.6 is 11.3 Å². The maximum atomic E-state index is 12.7. The Balaban J connectivity index is 2.27. The van der Waals surface area contributed by atoms with Crippen LogP contribution < -0.4 is 10.6 Å². The van der Waals surface area contributed by atoms with Crippen LogP contribution in [0.15, 0.2) is 18.2 Å². The fraction of sp³-hybridized carbons (Fsp3) is 0.353. The lowest BCUT2D eigenvalue weighted by molar-refractivity contribution is -0.384. The van der Waals surface area contributed by atoms with E-state index in [4.69, 9.17) is 9.47 Å². The van der Waals surface area contributed by atoms with Gasteiger partial charge >= 0.3 is 5.97 Å². The van der Waals surface area contributed by atoms with Gasteiger partial charge in [-0.3, -0.25) is 20.2 Å². The zero-order valence-corrected chi connectivity index (χ0v) is 16.4. The summed E-state index contributed by atoms with van der Waals surface area (Å²) in [5.41, 5.74) is 0.705. The molecule has 1 aromatic heterocycles. The quantitative estimate of drug-likeness (QED) is 0.280. The third kappa shape index (κ3) is 5.24. The van der Waals surface area contributed by atoms with Gasteiger partial charge in [-0.15, -0.1) is 0 Å². The highest BCUT2D eigenvalue weighted by atomic mass is 32.1. The van der Waals surface area contributed by atoms with Gasteiger partial charge in [0, 0.05) is 31.5 Å². The van der Waals surface area contributed by atoms with Gasteiger partial charge in [0.25, 0.3) is 11.6 Å². The first-order valence-electron chi connectivity index (χ1n) is 8.34. The number of anilines is 2. The van der Waals surface area contributed by atoms with Gasteiger partial charge in [-0.05, 0) is 19.9 Å². The summed E-state index contributed by atoms with van der Waals surface area (Å²) in [6, 6.07) is 3.94. The maximum Gasteiger partial charge on any atom is 0.350 e. The number of hydrogen-bond donors (Lipinski definition) is 2. The summed E-state index contributed by atoms with van der Waals surface area (Å²) in [7, 11) is 1.54. The summed E-state index contributed by atoms with van der Waals surface area (Å²) in [5.74, 6) is -1.11. The number of aryl methyl sites for hydroxylation is 1. The molecule has 0 aliphatic heterocycles. The van der Waals surface area contributed by atoms with Crippen LogP contribution in [0.1, 0.15) is 32.6 Å². The minimum atomic E-state index is -0.590. The predicted molar refractivity (Wildman–Crippen MR) is 104 cm³/mol. The van der Waals surface area contributed by atoms with Gasteiger partial charge in [0.05, 0.1) is 29.4 Å². The van der Waals surface area contributed by atoms with Crippen LogP contribution in [0.2, 0.25) is 0 Å². The Kier molecular flexibility index (Phi) is 7.41. The van der Waals surface area contributed by atoms with E-state index in [2.05, 4.69) is 15.6 Å². The second-order valence-electron chi connectivity index (χ2n) is 5.51. The molecule has 0 radical (unpaired) electrons. The first-order chi connectivity index (χ1) is 13.4. The number of esters is 1. The standard InChI is InChI=1S/C17H20N4O6S/c1-4-27-16(23)14-10(2)19-17(28-14)20-15(22)12-9-11(21(24)25)5-6-13(12)18-7-8-26-3/h5-6,9,18H,4,7-8H2,1-3H3,(H,19,20,22). The average Bonchev–Trinajstić information content (AvgIpc) is 3.02. The van der Waals surface area contributed by atoms with Crippen LogP contribution in [0.3, 0.4) is 0 Å². The molecule has 0 atom stereocenters. The third-order valence-electron chi connectivity index (χ3n) is 3.56. The number of carbonyl (C=O) groups is 2. The van der Waals surface area contributed by atoms with E-state index in [1.807, 2.05) is 0 Å². The van der Waals surface area contributed by atoms with Crippen LogP contribution in [-0.2, 0) is 9.47 Å². The molecule has 150 valence electrons. The lowest BCUT2D eigenvalue weighted by atomic mass is 10.1. The molecular weight excluding hydrogens is 388 g/mol. The van der Waals surface area contributed by atoms with Crippen molar-refractivity contribution >= 4 is 39.7 Å². The summed E-state index contributed by atoms with van der Waals surface area (Å²) >= 11 is 0.977. The summed E-state index contributed by atoms with van der Waals surface area (Å²) in [4.78, 5) is 39.5. The Bertz CT molecular complexity index is 883. The number of nitrogens with zero attached hydrogens (tertiary/aromatic N) is 2. The molecule has 1 heterocycles. The number of nitrogens with one attached hydrogen (secondary N) is 2. The molecule has 2 rings (SSSR count). The van der Waals surface area contributed by atoms with Gasteiger partial charge in [-0.2, -0.15) is 0 Å². The molecule has 2 N–H and O–H groups in total. The van der Waals surface area contributed by atoms with Crippen molar-refractivity contribution in [2.45, 2.75) is 13.8 Å². The SMILES string of the molecule is CCOC(=O)c1sc(NC(=O)c2cc([N+](=O)[O-])ccc2NCCOC)nc1C. The Hall–Kier alpha value is -3.05. The minimum Gasteiger partial charge on any atom is -0.462 e. The summed E-state index contributed by atoms with van der Waals surface area (Å²) < 4.78 is 9.91. The second kappa shape index (κ2) is 9.76. The number of non-ortho nitro benzene ring substituents is 1. The number of thiazole rings is 1. The molecule has 0 spiro atoms. The summed E-state index contributed by atoms with van der Waals surface area (Å²) in [6.45, 7) is 4.35. The van der Waals surface area contributed by atoms with E-state index >= 15 is 0 Å². The highest BCUT2D eigenvalue weighted by molar-refractivity contribution is 7.17. The normalized spacial score (nSPS) is 10.4. The molecule has 0 aliphatic rings. The Labute approximate surface area is 165 Å². The molecule has 10 nitrogen and oxygen atoms in total. The van der Waals surface area contributed by atoms with Crippen molar-refractivity contribution in [3.63, 3.8) is 0 Å². The Morgan fingerprint density at radius 2 is 2.11 bits per heavy atom. The van der Waals surface area contributed by atoms with E-state index in [0.29, 0.717) is 24.5 Å². The van der Waals surface area contributed by atoms with Crippen molar-refractivity contribution in [3.05, 3.63) is 44.4 Å². The molecule has 2 aromatic rings. The van der Waals surface area contributed by atoms with Gasteiger partial charge in [0.2, 0.25) is 0 Å². The molecule has 0 aliphatic carbocycles. The van der Waals surface area contributed by atoms with Crippen LogP contribution in [0.4, 0.5) is 16.5 Å². The Morgan fingerprint density at radius 3 is 2.75 bits per heavy atom. The molecule has 0 fully saturated rings. The van der Waals surface area contributed by atoms with Crippen LogP contribution in [-0.4, -0.2) is 48.7 Å². The predicted octanol–water partition coefficient (Wildman–Crippen LogP) is 2.85. The highest BCUT2D eigenvalue weighted by Crippen LogP contribution is 2.27. The van der Waals surface area contributed by atoms with Gasteiger partial charge in [-0.1, -0.05) is 11.3 Å². The van der Waals surface area contributed by atoms with Crippen molar-refractivity contribution < 1.29 is 24.0 Å². The largest absolute Gasteiger partial charge is 0.462 e. The van der Waals surface area contributed by atoms with Crippen molar-refractivity contribution in [2.24, 2.45) is 0 Å². The van der Waals surface area contributed by atoms with Crippen LogP contribution in [0, 0.1) is 17.0 Å². The molecule has 0 unspecified atom stereocenters. The van der Waals surface area contributed by atoms with Gasteiger partial charge in [0.1, 0.15) is 4.88 Å². The van der Waals surface area contributed by atoms with E-state index < -0.39 is 16.8 Å². The number of carbonyl (C=O) groups excluding carboxylic acids is 2. The lowest BCUT2D eigenvalue weighted by Gasteiger charge is -2.11. The number of aromatic nitrogens is 1. The molecular formula is C17H20N4O6S. The summed E-state index contributed by atoms with van der Waals surface area (Å²) in [6.07, 6.45) is 0. The zero-order chi connectivity index (χ0) is 20.7. The topological polar surface area (TPSA) is 133 Å². The number of amides is 1. The molecule has 0 bridgehead atoms. The average molecular weight is 408 g/mol. The molecule has 1 amide bonds. The van der Waals surface area contributed by atoms with Crippen LogP contribution in [0.5, 0.6) is 0 Å². The second-order valence-corrected chi connectivity index (χ2v) is 6.51. The molecule has 11 heteroatoms. The molecule has 0 saturated heterocycles. The van der Waals surface area contributed by atoms with E-state index in [-0.39, 0.29) is 27.9 Å². The summed E-state index contributed by atoms with van der Waals surface area (Å²) in [5, 5.41) is 16.8. The number of nitro benzene ring substituents is 1. The van der Waals surface area contributed by atoms with Crippen molar-refractivity contribution in [1.29, 1.82) is 0 Å². The van der Waals surface area contributed by atoms with Crippen molar-refractivity contribution in [3.8, 4) is 0 Å². The van der Waals surface area contributed by atoms with Gasteiger partial charge in [0.15, 0.2) is 5.13 Å². The lowest BCUT2D eigenvalue weighted by Crippen LogP contribution is -2.16. The minimum absolute atomic E-state index is 0.0795.